The van der Waals surface area contributed by atoms with Gasteiger partial charge in [-0.25, -0.2) is 0 Å². The van der Waals surface area contributed by atoms with Crippen molar-refractivity contribution in [1.29, 1.82) is 0 Å². The predicted octanol–water partition coefficient (Wildman–Crippen LogP) is 2.50. The van der Waals surface area contributed by atoms with E-state index in [1.165, 1.54) is 11.1 Å². The Bertz CT molecular complexity index is 448. The molecule has 88 valence electrons. The molecular formula is C15H18N2. The summed E-state index contributed by atoms with van der Waals surface area (Å²) in [7, 11) is 0. The molecule has 1 atom stereocenters. The van der Waals surface area contributed by atoms with Crippen molar-refractivity contribution >= 4 is 0 Å². The fourth-order valence-electron chi connectivity index (χ4n) is 1.88. The van der Waals surface area contributed by atoms with Crippen LogP contribution in [0.2, 0.25) is 0 Å². The third kappa shape index (κ3) is 3.68. The highest BCUT2D eigenvalue weighted by Gasteiger charge is 2.05. The first-order valence-electron chi connectivity index (χ1n) is 5.95. The quantitative estimate of drug-likeness (QED) is 0.870. The van der Waals surface area contributed by atoms with Crippen LogP contribution in [0.1, 0.15) is 16.8 Å². The van der Waals surface area contributed by atoms with E-state index in [0.29, 0.717) is 0 Å². The predicted molar refractivity (Wildman–Crippen MR) is 70.8 cm³/mol. The van der Waals surface area contributed by atoms with Gasteiger partial charge in [0.25, 0.3) is 0 Å². The first kappa shape index (κ1) is 11.8. The standard InChI is InChI=1S/C15H18N2/c1-12-7-8-15(17-11-12)10-14(16)9-13-5-3-2-4-6-13/h2-8,11,14H,9-10,16H2,1H3. The summed E-state index contributed by atoms with van der Waals surface area (Å²) < 4.78 is 0. The summed E-state index contributed by atoms with van der Waals surface area (Å²) in [4.78, 5) is 4.38. The SMILES string of the molecule is Cc1ccc(CC(N)Cc2ccccc2)nc1. The highest BCUT2D eigenvalue weighted by atomic mass is 14.7. The number of benzene rings is 1. The summed E-state index contributed by atoms with van der Waals surface area (Å²) in [5.41, 5.74) is 9.67. The molecule has 0 aliphatic heterocycles. The van der Waals surface area contributed by atoms with E-state index in [-0.39, 0.29) is 6.04 Å². The van der Waals surface area contributed by atoms with Gasteiger partial charge in [0.2, 0.25) is 0 Å². The molecule has 0 bridgehead atoms. The Labute approximate surface area is 103 Å². The number of pyridine rings is 1. The van der Waals surface area contributed by atoms with Gasteiger partial charge in [0, 0.05) is 24.4 Å². The Morgan fingerprint density at radius 1 is 1.06 bits per heavy atom. The zero-order valence-electron chi connectivity index (χ0n) is 10.1. The summed E-state index contributed by atoms with van der Waals surface area (Å²) in [6.45, 7) is 2.04. The Morgan fingerprint density at radius 2 is 1.82 bits per heavy atom. The summed E-state index contributed by atoms with van der Waals surface area (Å²) in [6.07, 6.45) is 3.62. The van der Waals surface area contributed by atoms with Crippen LogP contribution < -0.4 is 5.73 Å². The van der Waals surface area contributed by atoms with Crippen molar-refractivity contribution in [2.45, 2.75) is 25.8 Å². The molecule has 1 aromatic heterocycles. The van der Waals surface area contributed by atoms with Crippen molar-refractivity contribution in [2.75, 3.05) is 0 Å². The van der Waals surface area contributed by atoms with Gasteiger partial charge in [-0.3, -0.25) is 4.98 Å². The van der Waals surface area contributed by atoms with Crippen molar-refractivity contribution < 1.29 is 0 Å². The van der Waals surface area contributed by atoms with Crippen molar-refractivity contribution in [1.82, 2.24) is 4.98 Å². The average molecular weight is 226 g/mol. The molecule has 2 heteroatoms. The number of aryl methyl sites for hydroxylation is 1. The second-order valence-corrected chi connectivity index (χ2v) is 4.48. The third-order valence-corrected chi connectivity index (χ3v) is 2.78. The molecule has 1 heterocycles. The fourth-order valence-corrected chi connectivity index (χ4v) is 1.88. The molecule has 17 heavy (non-hydrogen) atoms. The summed E-state index contributed by atoms with van der Waals surface area (Å²) in [6, 6.07) is 14.6. The van der Waals surface area contributed by atoms with Gasteiger partial charge < -0.3 is 5.73 Å². The zero-order chi connectivity index (χ0) is 12.1. The third-order valence-electron chi connectivity index (χ3n) is 2.78. The minimum Gasteiger partial charge on any atom is -0.327 e. The van der Waals surface area contributed by atoms with Crippen molar-refractivity contribution in [2.24, 2.45) is 5.73 Å². The van der Waals surface area contributed by atoms with Gasteiger partial charge in [-0.1, -0.05) is 36.4 Å². The van der Waals surface area contributed by atoms with Crippen LogP contribution in [0, 0.1) is 6.92 Å². The molecule has 0 amide bonds. The lowest BCUT2D eigenvalue weighted by molar-refractivity contribution is 0.654. The second-order valence-electron chi connectivity index (χ2n) is 4.48. The number of nitrogens with zero attached hydrogens (tertiary/aromatic N) is 1. The highest BCUT2D eigenvalue weighted by molar-refractivity contribution is 5.17. The van der Waals surface area contributed by atoms with Gasteiger partial charge >= 0.3 is 0 Å². The second kappa shape index (κ2) is 5.60. The van der Waals surface area contributed by atoms with Crippen molar-refractivity contribution in [3.05, 3.63) is 65.5 Å². The van der Waals surface area contributed by atoms with E-state index >= 15 is 0 Å². The number of hydrogen-bond acceptors (Lipinski definition) is 2. The van der Waals surface area contributed by atoms with E-state index in [4.69, 9.17) is 5.73 Å². The van der Waals surface area contributed by atoms with Crippen LogP contribution >= 0.6 is 0 Å². The highest BCUT2D eigenvalue weighted by Crippen LogP contribution is 2.06. The van der Waals surface area contributed by atoms with Gasteiger partial charge in [0.15, 0.2) is 0 Å². The van der Waals surface area contributed by atoms with Gasteiger partial charge in [-0.05, 0) is 30.5 Å². The van der Waals surface area contributed by atoms with Crippen LogP contribution in [0.3, 0.4) is 0 Å². The lowest BCUT2D eigenvalue weighted by Gasteiger charge is -2.11. The summed E-state index contributed by atoms with van der Waals surface area (Å²) >= 11 is 0. The molecular weight excluding hydrogens is 208 g/mol. The average Bonchev–Trinajstić information content (AvgIpc) is 2.33. The van der Waals surface area contributed by atoms with Crippen LogP contribution in [0.4, 0.5) is 0 Å². The molecule has 0 aliphatic rings. The molecule has 0 spiro atoms. The Morgan fingerprint density at radius 3 is 2.47 bits per heavy atom. The van der Waals surface area contributed by atoms with E-state index in [9.17, 15) is 0 Å². The molecule has 0 saturated heterocycles. The van der Waals surface area contributed by atoms with Gasteiger partial charge in [-0.2, -0.15) is 0 Å². The first-order valence-corrected chi connectivity index (χ1v) is 5.95. The molecule has 2 N–H and O–H groups in total. The lowest BCUT2D eigenvalue weighted by atomic mass is 10.0. The smallest absolute Gasteiger partial charge is 0.0419 e. The summed E-state index contributed by atoms with van der Waals surface area (Å²) in [5.74, 6) is 0. The lowest BCUT2D eigenvalue weighted by Crippen LogP contribution is -2.25. The fraction of sp³-hybridized carbons (Fsp3) is 0.267. The monoisotopic (exact) mass is 226 g/mol. The number of rotatable bonds is 4. The van der Waals surface area contributed by atoms with Crippen LogP contribution in [-0.2, 0) is 12.8 Å². The molecule has 2 aromatic rings. The maximum Gasteiger partial charge on any atom is 0.0419 e. The van der Waals surface area contributed by atoms with Crippen LogP contribution in [0.15, 0.2) is 48.7 Å². The zero-order valence-corrected chi connectivity index (χ0v) is 10.1. The maximum atomic E-state index is 6.14. The van der Waals surface area contributed by atoms with E-state index in [2.05, 4.69) is 29.2 Å². The molecule has 2 nitrogen and oxygen atoms in total. The molecule has 0 aliphatic carbocycles. The molecule has 0 fully saturated rings. The van der Waals surface area contributed by atoms with Gasteiger partial charge in [0.1, 0.15) is 0 Å². The Balaban J connectivity index is 1.93. The van der Waals surface area contributed by atoms with E-state index < -0.39 is 0 Å². The minimum absolute atomic E-state index is 0.132. The van der Waals surface area contributed by atoms with Crippen LogP contribution in [0.25, 0.3) is 0 Å². The Hall–Kier alpha value is -1.67. The van der Waals surface area contributed by atoms with Gasteiger partial charge in [-0.15, -0.1) is 0 Å². The topological polar surface area (TPSA) is 38.9 Å². The maximum absolute atomic E-state index is 6.14. The molecule has 2 rings (SSSR count). The van der Waals surface area contributed by atoms with E-state index in [1.54, 1.807) is 0 Å². The van der Waals surface area contributed by atoms with Crippen molar-refractivity contribution in [3.63, 3.8) is 0 Å². The largest absolute Gasteiger partial charge is 0.327 e. The van der Waals surface area contributed by atoms with E-state index in [1.807, 2.05) is 31.3 Å². The molecule has 0 saturated carbocycles. The minimum atomic E-state index is 0.132. The van der Waals surface area contributed by atoms with Crippen molar-refractivity contribution in [3.8, 4) is 0 Å². The molecule has 1 aromatic carbocycles. The number of aromatic nitrogens is 1. The van der Waals surface area contributed by atoms with E-state index in [0.717, 1.165) is 18.5 Å². The normalized spacial score (nSPS) is 12.4. The van der Waals surface area contributed by atoms with Gasteiger partial charge in [0.05, 0.1) is 0 Å². The van der Waals surface area contributed by atoms with Crippen LogP contribution in [-0.4, -0.2) is 11.0 Å². The summed E-state index contributed by atoms with van der Waals surface area (Å²) in [5, 5.41) is 0. The molecule has 0 radical (unpaired) electrons. The first-order chi connectivity index (χ1) is 8.24. The number of hydrogen-bond donors (Lipinski definition) is 1. The number of nitrogens with two attached hydrogens (primary N) is 1. The van der Waals surface area contributed by atoms with Crippen LogP contribution in [0.5, 0.6) is 0 Å². The molecule has 1 unspecified atom stereocenters. The Kier molecular flexibility index (Phi) is 3.89.